The van der Waals surface area contributed by atoms with E-state index in [-0.39, 0.29) is 41.3 Å². The lowest BCUT2D eigenvalue weighted by molar-refractivity contribution is -0.128. The summed E-state index contributed by atoms with van der Waals surface area (Å²) in [5.41, 5.74) is 2.40. The van der Waals surface area contributed by atoms with Crippen LogP contribution in [0.2, 0.25) is 0 Å². The number of ether oxygens (including phenoxy) is 1. The number of halogens is 2. The van der Waals surface area contributed by atoms with Gasteiger partial charge in [0.05, 0.1) is 35.4 Å². The van der Waals surface area contributed by atoms with E-state index in [9.17, 15) is 28.3 Å². The molecule has 4 aromatic heterocycles. The lowest BCUT2D eigenvalue weighted by Gasteiger charge is -2.31. The van der Waals surface area contributed by atoms with Crippen LogP contribution in [-0.4, -0.2) is 96.8 Å². The topological polar surface area (TPSA) is 187 Å². The molecule has 0 radical (unpaired) electrons. The Kier molecular flexibility index (Phi) is 12.9. The maximum atomic E-state index is 14.1. The van der Waals surface area contributed by atoms with Crippen LogP contribution in [0.15, 0.2) is 58.2 Å². The van der Waals surface area contributed by atoms with Crippen molar-refractivity contribution in [3.05, 3.63) is 76.4 Å². The molecule has 2 aliphatic carbocycles. The average Bonchev–Trinajstić information content (AvgIpc) is 3.66. The van der Waals surface area contributed by atoms with Gasteiger partial charge in [0, 0.05) is 57.7 Å². The molecule has 5 aromatic rings. The molecule has 1 aliphatic heterocycles. The molecular weight excluding hydrogens is 791 g/mol. The van der Waals surface area contributed by atoms with E-state index < -0.39 is 30.3 Å². The molecule has 2 atom stereocenters. The number of nitrogens with one attached hydrogen (secondary N) is 3. The van der Waals surface area contributed by atoms with Crippen molar-refractivity contribution < 1.29 is 32.6 Å². The molecule has 1 saturated heterocycles. The number of carbonyl (C=O) groups excluding carboxylic acids is 2. The van der Waals surface area contributed by atoms with Crippen molar-refractivity contribution in [2.24, 2.45) is 18.9 Å². The fraction of sp³-hybridized carbons (Fsp3) is 0.535. The average molecular weight is 845 g/mol. The quantitative estimate of drug-likeness (QED) is 0.0796. The molecular formula is C43H54F2N10O6. The molecule has 0 bridgehead atoms. The molecule has 61 heavy (non-hydrogen) atoms. The number of piperidine rings is 1. The van der Waals surface area contributed by atoms with Crippen LogP contribution in [0.1, 0.15) is 98.0 Å². The highest BCUT2D eigenvalue weighted by molar-refractivity contribution is 6.03. The van der Waals surface area contributed by atoms with Crippen LogP contribution < -0.4 is 21.6 Å². The number of hydrogen-bond donors (Lipinski definition) is 4. The third kappa shape index (κ3) is 10.0. The summed E-state index contributed by atoms with van der Waals surface area (Å²) in [6.45, 7) is 3.81. The smallest absolute Gasteiger partial charge is 0.329 e. The maximum Gasteiger partial charge on any atom is 0.329 e. The van der Waals surface area contributed by atoms with Gasteiger partial charge in [0.1, 0.15) is 18.3 Å². The fourth-order valence-electron chi connectivity index (χ4n) is 8.56. The first-order chi connectivity index (χ1) is 29.5. The van der Waals surface area contributed by atoms with E-state index in [0.29, 0.717) is 49.3 Å². The number of carbonyl (C=O) groups is 2. The van der Waals surface area contributed by atoms with E-state index in [1.54, 1.807) is 39.2 Å². The number of alkyl halides is 2. The van der Waals surface area contributed by atoms with E-state index >= 15 is 0 Å². The first-order valence-electron chi connectivity index (χ1n) is 21.3. The Bertz CT molecular complexity index is 2380. The van der Waals surface area contributed by atoms with Crippen molar-refractivity contribution >= 4 is 34.4 Å². The number of fused-ring (bicyclic) bond motifs is 1. The molecule has 2 saturated carbocycles. The number of hydrogen-bond acceptors (Lipinski definition) is 11. The number of imidazole rings is 1. The summed E-state index contributed by atoms with van der Waals surface area (Å²) >= 11 is 0. The zero-order valence-electron chi connectivity index (χ0n) is 34.6. The van der Waals surface area contributed by atoms with Gasteiger partial charge in [0.2, 0.25) is 11.8 Å². The minimum atomic E-state index is -2.87. The number of nitrogens with zero attached hydrogens (tertiary/aromatic N) is 7. The first-order valence-corrected chi connectivity index (χ1v) is 21.3. The number of aryl methyl sites for hydroxylation is 1. The largest absolute Gasteiger partial charge is 0.444 e. The number of amides is 2. The first kappa shape index (κ1) is 42.2. The number of aliphatic hydroxyl groups is 1. The lowest BCUT2D eigenvalue weighted by atomic mass is 9.86. The van der Waals surface area contributed by atoms with Crippen molar-refractivity contribution in [2.45, 2.75) is 88.9 Å². The molecule has 8 rings (SSSR count). The Morgan fingerprint density at radius 2 is 1.87 bits per heavy atom. The van der Waals surface area contributed by atoms with Crippen molar-refractivity contribution in [3.63, 3.8) is 0 Å². The summed E-state index contributed by atoms with van der Waals surface area (Å²) in [6, 6.07) is 8.81. The zero-order chi connectivity index (χ0) is 42.6. The molecule has 2 amide bonds. The number of benzene rings is 1. The number of aliphatic hydroxyl groups excluding tert-OH is 1. The molecule has 4 N–H and O–H groups in total. The van der Waals surface area contributed by atoms with Crippen molar-refractivity contribution in [2.75, 3.05) is 50.5 Å². The van der Waals surface area contributed by atoms with E-state index in [1.165, 1.54) is 25.3 Å². The monoisotopic (exact) mass is 844 g/mol. The molecule has 3 aliphatic rings. The third-order valence-corrected chi connectivity index (χ3v) is 12.2. The van der Waals surface area contributed by atoms with Gasteiger partial charge in [-0.25, -0.2) is 23.5 Å². The summed E-state index contributed by atoms with van der Waals surface area (Å²) in [5.74, 6) is 1.17. The minimum absolute atomic E-state index is 0.0312. The molecule has 326 valence electrons. The summed E-state index contributed by atoms with van der Waals surface area (Å²) < 4.78 is 44.5. The SMILES string of the molecule is CN(CCCOCCc1ccc2c(c1)n(C)c(=O)n2C1CCC(=O)NC1O)C[C@H]1CC[C@H](n2cc(NC(=O)c3coc(-c4ccnc(NCC5CC5)c4)n3)c(C(F)F)n2)CC1. The van der Waals surface area contributed by atoms with Gasteiger partial charge < -0.3 is 35.1 Å². The fourth-order valence-corrected chi connectivity index (χ4v) is 8.56. The van der Waals surface area contributed by atoms with Gasteiger partial charge in [-0.1, -0.05) is 6.07 Å². The van der Waals surface area contributed by atoms with Gasteiger partial charge >= 0.3 is 5.69 Å². The van der Waals surface area contributed by atoms with Gasteiger partial charge in [-0.15, -0.1) is 0 Å². The summed E-state index contributed by atoms with van der Waals surface area (Å²) in [5, 5.41) is 23.1. The van der Waals surface area contributed by atoms with Crippen LogP contribution in [0.25, 0.3) is 22.5 Å². The summed E-state index contributed by atoms with van der Waals surface area (Å²) in [7, 11) is 3.82. The molecule has 1 aromatic carbocycles. The maximum absolute atomic E-state index is 14.1. The van der Waals surface area contributed by atoms with Crippen LogP contribution in [0, 0.1) is 11.8 Å². The van der Waals surface area contributed by atoms with E-state index in [1.807, 2.05) is 18.2 Å². The lowest BCUT2D eigenvalue weighted by Crippen LogP contribution is -2.47. The Morgan fingerprint density at radius 3 is 2.64 bits per heavy atom. The zero-order valence-corrected chi connectivity index (χ0v) is 34.6. The predicted molar refractivity (Wildman–Crippen MR) is 223 cm³/mol. The normalized spacial score (nSPS) is 20.7. The molecule has 18 heteroatoms. The van der Waals surface area contributed by atoms with Crippen LogP contribution >= 0.6 is 0 Å². The van der Waals surface area contributed by atoms with Gasteiger partial charge in [-0.05, 0) is 106 Å². The van der Waals surface area contributed by atoms with Crippen molar-refractivity contribution in [1.29, 1.82) is 0 Å². The molecule has 5 heterocycles. The Labute approximate surface area is 351 Å². The number of pyridine rings is 1. The van der Waals surface area contributed by atoms with Gasteiger partial charge in [-0.2, -0.15) is 5.10 Å². The van der Waals surface area contributed by atoms with Crippen molar-refractivity contribution in [1.82, 2.24) is 39.1 Å². The Hall–Kier alpha value is -5.46. The molecule has 0 spiro atoms. The molecule has 16 nitrogen and oxygen atoms in total. The van der Waals surface area contributed by atoms with Gasteiger partial charge in [0.25, 0.3) is 12.3 Å². The number of anilines is 2. The number of oxazole rings is 1. The Balaban J connectivity index is 0.756. The van der Waals surface area contributed by atoms with Crippen LogP contribution in [0.3, 0.4) is 0 Å². The van der Waals surface area contributed by atoms with Gasteiger partial charge in [0.15, 0.2) is 11.4 Å². The van der Waals surface area contributed by atoms with Crippen LogP contribution in [0.5, 0.6) is 0 Å². The van der Waals surface area contributed by atoms with E-state index in [2.05, 4.69) is 43.0 Å². The third-order valence-electron chi connectivity index (χ3n) is 12.2. The summed E-state index contributed by atoms with van der Waals surface area (Å²) in [4.78, 5) is 48.9. The second-order valence-corrected chi connectivity index (χ2v) is 16.8. The highest BCUT2D eigenvalue weighted by atomic mass is 19.3. The highest BCUT2D eigenvalue weighted by Gasteiger charge is 2.32. The van der Waals surface area contributed by atoms with E-state index in [0.717, 1.165) is 68.3 Å². The minimum Gasteiger partial charge on any atom is -0.444 e. The Morgan fingerprint density at radius 1 is 1.07 bits per heavy atom. The standard InChI is InChI=1S/C43H54F2N10O6/c1-52(17-3-18-60-19-15-26-8-11-33-35(20-26)53(2)43(59)55(33)34-12-13-37(56)50-41(34)58)23-28-6-9-30(10-7-28)54-24-31(38(51-54)39(44)45)48-40(57)32-25-61-42(49-32)29-14-16-46-36(21-29)47-22-27-4-5-27/h8,11,14,16,20-21,24-25,27-28,30,34,39,41,58H,3-7,9-10,12-13,15,17-19,22-23H2,1-2H3,(H,46,47)(H,48,57)(H,50,56)/t28-,30-,34?,41?. The molecule has 2 unspecified atom stereocenters. The molecule has 3 fully saturated rings. The van der Waals surface area contributed by atoms with Crippen LogP contribution in [0.4, 0.5) is 20.3 Å². The number of rotatable bonds is 18. The number of aromatic nitrogens is 6. The second kappa shape index (κ2) is 18.7. The van der Waals surface area contributed by atoms with Crippen molar-refractivity contribution in [3.8, 4) is 11.5 Å². The highest BCUT2D eigenvalue weighted by Crippen LogP contribution is 2.36. The second-order valence-electron chi connectivity index (χ2n) is 16.8. The van der Waals surface area contributed by atoms with Gasteiger partial charge in [-0.3, -0.25) is 23.4 Å². The van der Waals surface area contributed by atoms with E-state index in [4.69, 9.17) is 9.15 Å². The summed E-state index contributed by atoms with van der Waals surface area (Å²) in [6.07, 6.45) is 8.46. The van der Waals surface area contributed by atoms with Crippen LogP contribution in [-0.2, 0) is 23.0 Å². The predicted octanol–water partition coefficient (Wildman–Crippen LogP) is 5.68.